The highest BCUT2D eigenvalue weighted by Gasteiger charge is 2.55. The Labute approximate surface area is 89.2 Å². The van der Waals surface area contributed by atoms with Crippen molar-refractivity contribution in [2.24, 2.45) is 5.73 Å². The molecule has 1 saturated heterocycles. The fourth-order valence-corrected chi connectivity index (χ4v) is 4.10. The van der Waals surface area contributed by atoms with E-state index in [9.17, 15) is 18.3 Å². The number of hydrogen-bond donors (Lipinski definition) is 2. The van der Waals surface area contributed by atoms with Crippen molar-refractivity contribution in [1.29, 1.82) is 0 Å². The molecule has 2 unspecified atom stereocenters. The number of rotatable bonds is 0. The van der Waals surface area contributed by atoms with Gasteiger partial charge in [-0.3, -0.25) is 0 Å². The molecule has 0 aliphatic carbocycles. The maximum atomic E-state index is 12.2. The first-order valence-electron chi connectivity index (χ1n) is 3.92. The summed E-state index contributed by atoms with van der Waals surface area (Å²) in [6.07, 6.45) is -5.61. The van der Waals surface area contributed by atoms with Gasteiger partial charge in [-0.25, -0.2) is 0 Å². The van der Waals surface area contributed by atoms with Crippen molar-refractivity contribution in [2.45, 2.75) is 36.1 Å². The average molecular weight is 249 g/mol. The maximum absolute atomic E-state index is 12.2. The summed E-state index contributed by atoms with van der Waals surface area (Å²) in [6, 6.07) is 0. The highest BCUT2D eigenvalue weighted by atomic mass is 33.1. The normalized spacial score (nSPS) is 30.9. The van der Waals surface area contributed by atoms with Crippen molar-refractivity contribution in [2.75, 3.05) is 7.05 Å². The van der Waals surface area contributed by atoms with E-state index in [1.807, 2.05) is 0 Å². The summed E-state index contributed by atoms with van der Waals surface area (Å²) >= 11 is 0. The second-order valence-corrected chi connectivity index (χ2v) is 6.19. The molecule has 0 aromatic carbocycles. The molecule has 0 saturated carbocycles. The van der Waals surface area contributed by atoms with Gasteiger partial charge in [0.25, 0.3) is 0 Å². The summed E-state index contributed by atoms with van der Waals surface area (Å²) in [5, 5.41) is 7.65. The molecule has 0 radical (unpaired) electrons. The SMILES string of the molecule is CC1(C)SSC(C(F)(F)F)C1O.CN. The summed E-state index contributed by atoms with van der Waals surface area (Å²) in [4.78, 5) is 0. The molecule has 1 aliphatic heterocycles. The molecule has 3 N–H and O–H groups in total. The second-order valence-electron chi connectivity index (χ2n) is 3.19. The minimum atomic E-state index is -4.30. The topological polar surface area (TPSA) is 46.2 Å². The van der Waals surface area contributed by atoms with E-state index in [1.54, 1.807) is 13.8 Å². The van der Waals surface area contributed by atoms with Gasteiger partial charge in [0.05, 0.1) is 6.10 Å². The minimum Gasteiger partial charge on any atom is -0.390 e. The van der Waals surface area contributed by atoms with Crippen LogP contribution in [0.3, 0.4) is 0 Å². The van der Waals surface area contributed by atoms with Gasteiger partial charge < -0.3 is 10.8 Å². The van der Waals surface area contributed by atoms with Gasteiger partial charge in [-0.05, 0) is 20.9 Å². The summed E-state index contributed by atoms with van der Waals surface area (Å²) in [5.74, 6) is 0. The largest absolute Gasteiger partial charge is 0.403 e. The number of aliphatic hydroxyl groups is 1. The minimum absolute atomic E-state index is 0.704. The number of hydrogen-bond acceptors (Lipinski definition) is 4. The van der Waals surface area contributed by atoms with Crippen molar-refractivity contribution < 1.29 is 18.3 Å². The van der Waals surface area contributed by atoms with Crippen LogP contribution in [0.4, 0.5) is 13.2 Å². The third-order valence-electron chi connectivity index (χ3n) is 1.69. The Morgan fingerprint density at radius 3 is 1.86 bits per heavy atom. The van der Waals surface area contributed by atoms with Crippen molar-refractivity contribution in [1.82, 2.24) is 0 Å². The van der Waals surface area contributed by atoms with Gasteiger partial charge in [-0.15, -0.1) is 0 Å². The first kappa shape index (κ1) is 14.4. The standard InChI is InChI=1S/C6H9F3OS2.CH5N/c1-5(2)3(10)4(11-12-5)6(7,8)9;1-2/h3-4,10H,1-2H3;2H2,1H3. The molecule has 7 heteroatoms. The molecular formula is C7H14F3NOS2. The smallest absolute Gasteiger partial charge is 0.390 e. The fourth-order valence-electron chi connectivity index (χ4n) is 0.876. The molecule has 2 atom stereocenters. The van der Waals surface area contributed by atoms with Gasteiger partial charge >= 0.3 is 6.18 Å². The molecule has 0 aromatic heterocycles. The molecule has 0 bridgehead atoms. The summed E-state index contributed by atoms with van der Waals surface area (Å²) in [6.45, 7) is 3.22. The molecule has 14 heavy (non-hydrogen) atoms. The van der Waals surface area contributed by atoms with E-state index < -0.39 is 22.3 Å². The van der Waals surface area contributed by atoms with Crippen molar-refractivity contribution in [3.8, 4) is 0 Å². The fraction of sp³-hybridized carbons (Fsp3) is 1.00. The Bertz CT molecular complexity index is 186. The molecule has 1 fully saturated rings. The Balaban J connectivity index is 0.000000791. The van der Waals surface area contributed by atoms with Crippen LogP contribution in [0.2, 0.25) is 0 Å². The van der Waals surface area contributed by atoms with Gasteiger partial charge in [0.15, 0.2) is 0 Å². The quantitative estimate of drug-likeness (QED) is 0.645. The average Bonchev–Trinajstić information content (AvgIpc) is 2.30. The van der Waals surface area contributed by atoms with E-state index in [0.717, 1.165) is 10.8 Å². The third kappa shape index (κ3) is 3.22. The van der Waals surface area contributed by atoms with E-state index in [0.29, 0.717) is 10.8 Å². The first-order chi connectivity index (χ1) is 6.25. The molecular weight excluding hydrogens is 235 g/mol. The van der Waals surface area contributed by atoms with E-state index >= 15 is 0 Å². The third-order valence-corrected chi connectivity index (χ3v) is 5.39. The van der Waals surface area contributed by atoms with Crippen LogP contribution in [-0.2, 0) is 0 Å². The number of alkyl halides is 3. The van der Waals surface area contributed by atoms with Crippen LogP contribution in [0, 0.1) is 0 Å². The van der Waals surface area contributed by atoms with Crippen LogP contribution >= 0.6 is 21.6 Å². The lowest BCUT2D eigenvalue weighted by Crippen LogP contribution is -2.42. The van der Waals surface area contributed by atoms with E-state index in [1.165, 1.54) is 7.05 Å². The highest BCUT2D eigenvalue weighted by Crippen LogP contribution is 2.55. The number of halogens is 3. The van der Waals surface area contributed by atoms with E-state index in [2.05, 4.69) is 5.73 Å². The zero-order chi connectivity index (χ0) is 11.6. The second kappa shape index (κ2) is 4.96. The Morgan fingerprint density at radius 1 is 1.29 bits per heavy atom. The first-order valence-corrected chi connectivity index (χ1v) is 6.13. The molecule has 0 spiro atoms. The molecule has 1 aliphatic rings. The molecule has 0 amide bonds. The lowest BCUT2D eigenvalue weighted by molar-refractivity contribution is -0.148. The zero-order valence-electron chi connectivity index (χ0n) is 8.13. The van der Waals surface area contributed by atoms with Crippen molar-refractivity contribution >= 4 is 21.6 Å². The Kier molecular flexibility index (Phi) is 5.10. The maximum Gasteiger partial charge on any atom is 0.403 e. The molecule has 86 valence electrons. The van der Waals surface area contributed by atoms with Crippen LogP contribution in [0.5, 0.6) is 0 Å². The lowest BCUT2D eigenvalue weighted by Gasteiger charge is -2.23. The summed E-state index contributed by atoms with van der Waals surface area (Å²) < 4.78 is 35.8. The van der Waals surface area contributed by atoms with Crippen LogP contribution in [0.15, 0.2) is 0 Å². The van der Waals surface area contributed by atoms with Gasteiger partial charge in [-0.2, -0.15) is 13.2 Å². The van der Waals surface area contributed by atoms with E-state index in [-0.39, 0.29) is 0 Å². The number of aliphatic hydroxyl groups excluding tert-OH is 1. The molecule has 2 nitrogen and oxygen atoms in total. The van der Waals surface area contributed by atoms with Gasteiger partial charge in [-0.1, -0.05) is 21.6 Å². The van der Waals surface area contributed by atoms with Crippen LogP contribution in [0.1, 0.15) is 13.8 Å². The van der Waals surface area contributed by atoms with E-state index in [4.69, 9.17) is 0 Å². The van der Waals surface area contributed by atoms with Gasteiger partial charge in [0.1, 0.15) is 5.25 Å². The van der Waals surface area contributed by atoms with Gasteiger partial charge in [0.2, 0.25) is 0 Å². The predicted molar refractivity (Wildman–Crippen MR) is 55.2 cm³/mol. The van der Waals surface area contributed by atoms with Crippen LogP contribution in [0.25, 0.3) is 0 Å². The predicted octanol–water partition coefficient (Wildman–Crippen LogP) is 2.03. The van der Waals surface area contributed by atoms with Gasteiger partial charge in [0, 0.05) is 4.75 Å². The lowest BCUT2D eigenvalue weighted by atomic mass is 10.0. The molecule has 1 rings (SSSR count). The van der Waals surface area contributed by atoms with Crippen LogP contribution in [-0.4, -0.2) is 34.4 Å². The molecule has 0 aromatic rings. The van der Waals surface area contributed by atoms with Crippen LogP contribution < -0.4 is 5.73 Å². The monoisotopic (exact) mass is 249 g/mol. The molecule has 1 heterocycles. The zero-order valence-corrected chi connectivity index (χ0v) is 9.76. The highest BCUT2D eigenvalue weighted by molar-refractivity contribution is 8.78. The van der Waals surface area contributed by atoms with Crippen molar-refractivity contribution in [3.05, 3.63) is 0 Å². The Hall–Kier alpha value is 0.410. The Morgan fingerprint density at radius 2 is 1.71 bits per heavy atom. The number of nitrogens with two attached hydrogens (primary N) is 1. The van der Waals surface area contributed by atoms with Crippen molar-refractivity contribution in [3.63, 3.8) is 0 Å². The summed E-state index contributed by atoms with van der Waals surface area (Å²) in [7, 11) is 3.30. The summed E-state index contributed by atoms with van der Waals surface area (Å²) in [5.41, 5.74) is 4.50.